The van der Waals surface area contributed by atoms with E-state index in [1.807, 2.05) is 64.2 Å². The summed E-state index contributed by atoms with van der Waals surface area (Å²) >= 11 is 12.3. The van der Waals surface area contributed by atoms with Gasteiger partial charge >= 0.3 is 5.97 Å². The highest BCUT2D eigenvalue weighted by Gasteiger charge is 2.42. The fraction of sp³-hybridized carbons (Fsp3) is 0.115. The van der Waals surface area contributed by atoms with E-state index in [2.05, 4.69) is 10.3 Å². The molecular formula is C26H21ClN4O3S. The molecule has 176 valence electrons. The quantitative estimate of drug-likeness (QED) is 0.340. The van der Waals surface area contributed by atoms with Gasteiger partial charge in [0, 0.05) is 29.5 Å². The number of carbonyl (C=O) groups is 1. The van der Waals surface area contributed by atoms with Gasteiger partial charge in [-0.15, -0.1) is 0 Å². The van der Waals surface area contributed by atoms with Crippen LogP contribution < -0.4 is 15.0 Å². The molecule has 2 aromatic carbocycles. The van der Waals surface area contributed by atoms with Crippen LogP contribution in [-0.2, 0) is 0 Å². The molecule has 2 aromatic heterocycles. The number of ether oxygens (including phenoxy) is 1. The van der Waals surface area contributed by atoms with Gasteiger partial charge in [0.1, 0.15) is 11.8 Å². The van der Waals surface area contributed by atoms with E-state index in [9.17, 15) is 9.90 Å². The van der Waals surface area contributed by atoms with Gasteiger partial charge in [-0.3, -0.25) is 4.98 Å². The lowest BCUT2D eigenvalue weighted by molar-refractivity contribution is 0.0697. The van der Waals surface area contributed by atoms with E-state index in [0.29, 0.717) is 15.9 Å². The second kappa shape index (κ2) is 9.40. The van der Waals surface area contributed by atoms with Crippen molar-refractivity contribution in [1.82, 2.24) is 14.9 Å². The van der Waals surface area contributed by atoms with Crippen LogP contribution in [0.15, 0.2) is 85.2 Å². The minimum absolute atomic E-state index is 0.210. The molecule has 2 atom stereocenters. The fourth-order valence-corrected chi connectivity index (χ4v) is 5.00. The fourth-order valence-electron chi connectivity index (χ4n) is 4.40. The SMILES string of the molecule is COc1ccc(N2C(=S)N[C@H](c3ccccn3)[C@H]2c2cccn2-c2cccc(C(=O)O)c2)cc1Cl. The number of benzene rings is 2. The Kier molecular flexibility index (Phi) is 6.15. The average Bonchev–Trinajstić information content (AvgIpc) is 3.49. The Balaban J connectivity index is 1.67. The molecule has 0 spiro atoms. The van der Waals surface area contributed by atoms with Crippen molar-refractivity contribution in [2.75, 3.05) is 12.0 Å². The van der Waals surface area contributed by atoms with Gasteiger partial charge in [-0.25, -0.2) is 4.79 Å². The van der Waals surface area contributed by atoms with Crippen LogP contribution in [0.3, 0.4) is 0 Å². The number of pyridine rings is 1. The molecule has 35 heavy (non-hydrogen) atoms. The smallest absolute Gasteiger partial charge is 0.335 e. The zero-order valence-corrected chi connectivity index (χ0v) is 20.2. The molecular weight excluding hydrogens is 484 g/mol. The molecule has 4 aromatic rings. The second-order valence-electron chi connectivity index (χ2n) is 7.97. The van der Waals surface area contributed by atoms with Crippen molar-refractivity contribution in [2.24, 2.45) is 0 Å². The van der Waals surface area contributed by atoms with Gasteiger partial charge in [-0.05, 0) is 72.9 Å². The van der Waals surface area contributed by atoms with E-state index >= 15 is 0 Å². The normalized spacial score (nSPS) is 17.3. The highest BCUT2D eigenvalue weighted by atomic mass is 35.5. The third-order valence-electron chi connectivity index (χ3n) is 5.97. The molecule has 0 saturated carbocycles. The number of carboxylic acid groups (broad SMARTS) is 1. The van der Waals surface area contributed by atoms with E-state index in [0.717, 1.165) is 22.8 Å². The lowest BCUT2D eigenvalue weighted by Crippen LogP contribution is -2.30. The lowest BCUT2D eigenvalue weighted by Gasteiger charge is -2.29. The van der Waals surface area contributed by atoms with E-state index in [-0.39, 0.29) is 17.6 Å². The van der Waals surface area contributed by atoms with Gasteiger partial charge in [0.15, 0.2) is 5.11 Å². The number of thiocarbonyl (C=S) groups is 1. The van der Waals surface area contributed by atoms with Crippen LogP contribution in [0, 0.1) is 0 Å². The van der Waals surface area contributed by atoms with Crippen LogP contribution in [0.1, 0.15) is 33.8 Å². The van der Waals surface area contributed by atoms with Crippen molar-refractivity contribution >= 4 is 40.6 Å². The van der Waals surface area contributed by atoms with Crippen LogP contribution in [-0.4, -0.2) is 32.8 Å². The number of aromatic carboxylic acids is 1. The average molecular weight is 505 g/mol. The van der Waals surface area contributed by atoms with E-state index < -0.39 is 5.97 Å². The molecule has 1 aliphatic heterocycles. The third-order valence-corrected chi connectivity index (χ3v) is 6.58. The van der Waals surface area contributed by atoms with Crippen molar-refractivity contribution in [3.63, 3.8) is 0 Å². The summed E-state index contributed by atoms with van der Waals surface area (Å²) in [7, 11) is 1.57. The van der Waals surface area contributed by atoms with Gasteiger partial charge in [-0.2, -0.15) is 0 Å². The number of nitrogens with one attached hydrogen (secondary N) is 1. The van der Waals surface area contributed by atoms with Gasteiger partial charge in [-0.1, -0.05) is 23.7 Å². The summed E-state index contributed by atoms with van der Waals surface area (Å²) in [6.45, 7) is 0. The first-order valence-corrected chi connectivity index (χ1v) is 11.6. The van der Waals surface area contributed by atoms with Crippen LogP contribution in [0.4, 0.5) is 5.69 Å². The lowest BCUT2D eigenvalue weighted by atomic mass is 10.0. The number of rotatable bonds is 6. The first kappa shape index (κ1) is 22.9. The van der Waals surface area contributed by atoms with E-state index in [1.165, 1.54) is 0 Å². The van der Waals surface area contributed by atoms with Crippen LogP contribution in [0.5, 0.6) is 5.75 Å². The minimum Gasteiger partial charge on any atom is -0.495 e. The standard InChI is InChI=1S/C26H21ClN4O3S/c1-34-22-11-10-18(15-19(22)27)31-24(23(29-26(31)35)20-8-2-3-12-28-20)21-9-5-13-30(21)17-7-4-6-16(14-17)25(32)33/h2-15,23-24H,1H3,(H,29,35)(H,32,33)/t23-,24-/m1/s1. The Morgan fingerprint density at radius 2 is 1.94 bits per heavy atom. The molecule has 3 heterocycles. The molecule has 0 amide bonds. The Morgan fingerprint density at radius 1 is 1.09 bits per heavy atom. The second-order valence-corrected chi connectivity index (χ2v) is 8.77. The summed E-state index contributed by atoms with van der Waals surface area (Å²) in [6, 6.07) is 21.5. The monoisotopic (exact) mass is 504 g/mol. The van der Waals surface area contributed by atoms with Crippen molar-refractivity contribution in [1.29, 1.82) is 0 Å². The van der Waals surface area contributed by atoms with Gasteiger partial charge in [0.05, 0.1) is 29.4 Å². The summed E-state index contributed by atoms with van der Waals surface area (Å²) < 4.78 is 7.30. The highest BCUT2D eigenvalue weighted by Crippen LogP contribution is 2.43. The largest absolute Gasteiger partial charge is 0.495 e. The van der Waals surface area contributed by atoms with Crippen molar-refractivity contribution < 1.29 is 14.6 Å². The number of methoxy groups -OCH3 is 1. The van der Waals surface area contributed by atoms with Gasteiger partial charge < -0.3 is 24.6 Å². The predicted octanol–water partition coefficient (Wildman–Crippen LogP) is 5.41. The molecule has 0 aliphatic carbocycles. The molecule has 1 saturated heterocycles. The molecule has 1 aliphatic rings. The molecule has 0 bridgehead atoms. The Hall–Kier alpha value is -3.88. The first-order chi connectivity index (χ1) is 17.0. The number of carboxylic acids is 1. The van der Waals surface area contributed by atoms with Gasteiger partial charge in [0.2, 0.25) is 0 Å². The van der Waals surface area contributed by atoms with Crippen LogP contribution in [0.25, 0.3) is 5.69 Å². The van der Waals surface area contributed by atoms with E-state index in [1.54, 1.807) is 37.6 Å². The number of halogens is 1. The number of hydrogen-bond acceptors (Lipinski definition) is 4. The maximum Gasteiger partial charge on any atom is 0.335 e. The summed E-state index contributed by atoms with van der Waals surface area (Å²) in [5.74, 6) is -0.412. The zero-order valence-electron chi connectivity index (χ0n) is 18.6. The molecule has 5 rings (SSSR count). The summed E-state index contributed by atoms with van der Waals surface area (Å²) in [5, 5.41) is 13.9. The highest BCUT2D eigenvalue weighted by molar-refractivity contribution is 7.80. The maximum absolute atomic E-state index is 11.6. The molecule has 0 radical (unpaired) electrons. The molecule has 9 heteroatoms. The minimum atomic E-state index is -0.981. The Bertz CT molecular complexity index is 1410. The summed E-state index contributed by atoms with van der Waals surface area (Å²) in [4.78, 5) is 18.2. The van der Waals surface area contributed by atoms with Crippen LogP contribution in [0.2, 0.25) is 5.02 Å². The molecule has 7 nitrogen and oxygen atoms in total. The number of hydrogen-bond donors (Lipinski definition) is 2. The molecule has 1 fully saturated rings. The zero-order chi connectivity index (χ0) is 24.5. The Morgan fingerprint density at radius 3 is 2.66 bits per heavy atom. The van der Waals surface area contributed by atoms with Crippen molar-refractivity contribution in [3.8, 4) is 11.4 Å². The number of anilines is 1. The van der Waals surface area contributed by atoms with Crippen molar-refractivity contribution in [3.05, 3.63) is 107 Å². The summed E-state index contributed by atoms with van der Waals surface area (Å²) in [5.41, 5.74) is 3.47. The topological polar surface area (TPSA) is 79.6 Å². The predicted molar refractivity (Wildman–Crippen MR) is 139 cm³/mol. The molecule has 2 N–H and O–H groups in total. The van der Waals surface area contributed by atoms with Crippen molar-refractivity contribution in [2.45, 2.75) is 12.1 Å². The maximum atomic E-state index is 11.6. The summed E-state index contributed by atoms with van der Waals surface area (Å²) in [6.07, 6.45) is 3.66. The number of nitrogens with zero attached hydrogens (tertiary/aromatic N) is 3. The van der Waals surface area contributed by atoms with Gasteiger partial charge in [0.25, 0.3) is 0 Å². The number of aromatic nitrogens is 2. The van der Waals surface area contributed by atoms with E-state index in [4.69, 9.17) is 28.6 Å². The third kappa shape index (κ3) is 4.22. The first-order valence-electron chi connectivity index (χ1n) is 10.8. The van der Waals surface area contributed by atoms with Crippen LogP contribution >= 0.6 is 23.8 Å². The Labute approximate surface area is 212 Å². The molecule has 0 unspecified atom stereocenters.